The Balaban J connectivity index is 1.63. The molecule has 1 atom stereocenters. The molecule has 0 spiro atoms. The van der Waals surface area contributed by atoms with Gasteiger partial charge in [-0.25, -0.2) is 0 Å². The molecule has 23 heavy (non-hydrogen) atoms. The van der Waals surface area contributed by atoms with Crippen LogP contribution >= 0.6 is 11.6 Å². The van der Waals surface area contributed by atoms with E-state index in [4.69, 9.17) is 11.6 Å². The number of anilines is 1. The molecule has 0 aromatic heterocycles. The summed E-state index contributed by atoms with van der Waals surface area (Å²) in [4.78, 5) is 14.4. The lowest BCUT2D eigenvalue weighted by atomic mass is 10.1. The highest BCUT2D eigenvalue weighted by Gasteiger charge is 2.24. The maximum atomic E-state index is 12.2. The minimum atomic E-state index is -0.306. The Labute approximate surface area is 139 Å². The number of phenols is 2. The van der Waals surface area contributed by atoms with E-state index >= 15 is 0 Å². The zero-order valence-corrected chi connectivity index (χ0v) is 13.1. The Morgan fingerprint density at radius 2 is 1.78 bits per heavy atom. The summed E-state index contributed by atoms with van der Waals surface area (Å²) in [6.07, 6.45) is 0.833. The molecule has 120 valence electrons. The van der Waals surface area contributed by atoms with Crippen LogP contribution in [0.5, 0.6) is 11.5 Å². The fraction of sp³-hybridized carbons (Fsp3) is 0.235. The SMILES string of the molecule is O=C(NC1CCN(c2ccc(Cl)cc2)C1)c1cc(O)cc(O)c1. The molecular weight excluding hydrogens is 316 g/mol. The zero-order chi connectivity index (χ0) is 16.4. The van der Waals surface area contributed by atoms with Crippen LogP contribution in [0.4, 0.5) is 5.69 Å². The molecule has 3 rings (SSSR count). The summed E-state index contributed by atoms with van der Waals surface area (Å²) in [5, 5.41) is 22.5. The molecule has 1 aliphatic heterocycles. The standard InChI is InChI=1S/C17H17ClN2O3/c18-12-1-3-14(4-2-12)20-6-5-13(10-20)19-17(23)11-7-15(21)9-16(22)8-11/h1-4,7-9,13,21-22H,5-6,10H2,(H,19,23). The average Bonchev–Trinajstić information content (AvgIpc) is 2.95. The first kappa shape index (κ1) is 15.5. The van der Waals surface area contributed by atoms with Crippen LogP contribution in [-0.2, 0) is 0 Å². The number of amides is 1. The van der Waals surface area contributed by atoms with E-state index in [0.29, 0.717) is 11.6 Å². The largest absolute Gasteiger partial charge is 0.508 e. The van der Waals surface area contributed by atoms with Gasteiger partial charge < -0.3 is 20.4 Å². The fourth-order valence-corrected chi connectivity index (χ4v) is 2.89. The topological polar surface area (TPSA) is 72.8 Å². The number of halogens is 1. The van der Waals surface area contributed by atoms with E-state index in [9.17, 15) is 15.0 Å². The lowest BCUT2D eigenvalue weighted by Gasteiger charge is -2.19. The van der Waals surface area contributed by atoms with Crippen molar-refractivity contribution < 1.29 is 15.0 Å². The Bertz CT molecular complexity index is 698. The number of hydrogen-bond donors (Lipinski definition) is 3. The van der Waals surface area contributed by atoms with Gasteiger partial charge in [-0.2, -0.15) is 0 Å². The molecule has 1 saturated heterocycles. The average molecular weight is 333 g/mol. The van der Waals surface area contributed by atoms with Crippen molar-refractivity contribution in [3.05, 3.63) is 53.1 Å². The number of nitrogens with zero attached hydrogens (tertiary/aromatic N) is 1. The minimum absolute atomic E-state index is 0.0164. The molecular formula is C17H17ClN2O3. The van der Waals surface area contributed by atoms with E-state index < -0.39 is 0 Å². The highest BCUT2D eigenvalue weighted by atomic mass is 35.5. The lowest BCUT2D eigenvalue weighted by molar-refractivity contribution is 0.0939. The van der Waals surface area contributed by atoms with Crippen LogP contribution in [0.2, 0.25) is 5.02 Å². The summed E-state index contributed by atoms with van der Waals surface area (Å²) >= 11 is 5.89. The van der Waals surface area contributed by atoms with Gasteiger partial charge in [0.2, 0.25) is 0 Å². The molecule has 2 aromatic rings. The number of carbonyl (C=O) groups is 1. The van der Waals surface area contributed by atoms with Crippen LogP contribution < -0.4 is 10.2 Å². The van der Waals surface area contributed by atoms with E-state index in [0.717, 1.165) is 18.7 Å². The first-order valence-corrected chi connectivity index (χ1v) is 7.73. The number of benzene rings is 2. The third-order valence-electron chi connectivity index (χ3n) is 3.88. The molecule has 5 nitrogen and oxygen atoms in total. The van der Waals surface area contributed by atoms with Gasteiger partial charge >= 0.3 is 0 Å². The molecule has 3 N–H and O–H groups in total. The normalized spacial score (nSPS) is 17.3. The number of hydrogen-bond acceptors (Lipinski definition) is 4. The molecule has 0 bridgehead atoms. The summed E-state index contributed by atoms with van der Waals surface area (Å²) in [6, 6.07) is 11.5. The highest BCUT2D eigenvalue weighted by molar-refractivity contribution is 6.30. The smallest absolute Gasteiger partial charge is 0.251 e. The second-order valence-electron chi connectivity index (χ2n) is 5.62. The zero-order valence-electron chi connectivity index (χ0n) is 12.4. The van der Waals surface area contributed by atoms with Gasteiger partial charge in [0.15, 0.2) is 0 Å². The number of phenolic OH excluding ortho intramolecular Hbond substituents is 2. The molecule has 0 radical (unpaired) electrons. The van der Waals surface area contributed by atoms with Crippen LogP contribution in [0.1, 0.15) is 16.8 Å². The Kier molecular flexibility index (Phi) is 4.30. The highest BCUT2D eigenvalue weighted by Crippen LogP contribution is 2.23. The van der Waals surface area contributed by atoms with Crippen molar-refractivity contribution in [1.82, 2.24) is 5.32 Å². The predicted octanol–water partition coefficient (Wildman–Crippen LogP) is 2.76. The first-order chi connectivity index (χ1) is 11.0. The summed E-state index contributed by atoms with van der Waals surface area (Å²) in [6.45, 7) is 1.55. The van der Waals surface area contributed by atoms with Crippen molar-refractivity contribution in [2.24, 2.45) is 0 Å². The lowest BCUT2D eigenvalue weighted by Crippen LogP contribution is -2.37. The monoisotopic (exact) mass is 332 g/mol. The molecule has 1 aliphatic rings. The molecule has 6 heteroatoms. The summed E-state index contributed by atoms with van der Waals surface area (Å²) in [5.74, 6) is -0.576. The van der Waals surface area contributed by atoms with Crippen molar-refractivity contribution >= 4 is 23.2 Å². The van der Waals surface area contributed by atoms with Crippen LogP contribution in [0.15, 0.2) is 42.5 Å². The first-order valence-electron chi connectivity index (χ1n) is 7.35. The van der Waals surface area contributed by atoms with E-state index in [1.807, 2.05) is 24.3 Å². The van der Waals surface area contributed by atoms with E-state index in [-0.39, 0.29) is 29.0 Å². The second-order valence-corrected chi connectivity index (χ2v) is 6.06. The molecule has 1 amide bonds. The van der Waals surface area contributed by atoms with Gasteiger partial charge in [0, 0.05) is 41.5 Å². The third kappa shape index (κ3) is 3.68. The van der Waals surface area contributed by atoms with Gasteiger partial charge in [-0.15, -0.1) is 0 Å². The molecule has 0 aliphatic carbocycles. The number of rotatable bonds is 3. The molecule has 1 fully saturated rings. The van der Waals surface area contributed by atoms with Gasteiger partial charge in [-0.05, 0) is 42.8 Å². The number of aromatic hydroxyl groups is 2. The maximum absolute atomic E-state index is 12.2. The second kappa shape index (κ2) is 6.38. The number of nitrogens with one attached hydrogen (secondary N) is 1. The minimum Gasteiger partial charge on any atom is -0.508 e. The van der Waals surface area contributed by atoms with Crippen LogP contribution in [-0.4, -0.2) is 35.3 Å². The van der Waals surface area contributed by atoms with Gasteiger partial charge in [-0.3, -0.25) is 4.79 Å². The summed E-state index contributed by atoms with van der Waals surface area (Å²) < 4.78 is 0. The van der Waals surface area contributed by atoms with Crippen molar-refractivity contribution in [3.8, 4) is 11.5 Å². The number of carbonyl (C=O) groups excluding carboxylic acids is 1. The predicted molar refractivity (Wildman–Crippen MR) is 89.3 cm³/mol. The van der Waals surface area contributed by atoms with Gasteiger partial charge in [0.1, 0.15) is 11.5 Å². The van der Waals surface area contributed by atoms with E-state index in [2.05, 4.69) is 10.2 Å². The maximum Gasteiger partial charge on any atom is 0.251 e. The molecule has 2 aromatic carbocycles. The molecule has 0 saturated carbocycles. The van der Waals surface area contributed by atoms with Crippen molar-refractivity contribution in [2.45, 2.75) is 12.5 Å². The molecule has 1 heterocycles. The van der Waals surface area contributed by atoms with Crippen LogP contribution in [0.3, 0.4) is 0 Å². The van der Waals surface area contributed by atoms with Crippen molar-refractivity contribution in [2.75, 3.05) is 18.0 Å². The third-order valence-corrected chi connectivity index (χ3v) is 4.13. The fourth-order valence-electron chi connectivity index (χ4n) is 2.76. The summed E-state index contributed by atoms with van der Waals surface area (Å²) in [7, 11) is 0. The van der Waals surface area contributed by atoms with Gasteiger partial charge in [0.05, 0.1) is 0 Å². The molecule has 1 unspecified atom stereocenters. The summed E-state index contributed by atoms with van der Waals surface area (Å²) in [5.41, 5.74) is 1.31. The Hall–Kier alpha value is -2.40. The Morgan fingerprint density at radius 1 is 1.13 bits per heavy atom. The van der Waals surface area contributed by atoms with Crippen molar-refractivity contribution in [1.29, 1.82) is 0 Å². The van der Waals surface area contributed by atoms with Crippen molar-refractivity contribution in [3.63, 3.8) is 0 Å². The Morgan fingerprint density at radius 3 is 2.43 bits per heavy atom. The van der Waals surface area contributed by atoms with E-state index in [1.54, 1.807) is 0 Å². The van der Waals surface area contributed by atoms with Gasteiger partial charge in [0.25, 0.3) is 5.91 Å². The van der Waals surface area contributed by atoms with Gasteiger partial charge in [-0.1, -0.05) is 11.6 Å². The van der Waals surface area contributed by atoms with Crippen LogP contribution in [0, 0.1) is 0 Å². The van der Waals surface area contributed by atoms with E-state index in [1.165, 1.54) is 18.2 Å². The quantitative estimate of drug-likeness (QED) is 0.808. The van der Waals surface area contributed by atoms with Crippen LogP contribution in [0.25, 0.3) is 0 Å².